The van der Waals surface area contributed by atoms with Crippen LogP contribution in [0.3, 0.4) is 0 Å². The SMILES string of the molecule is Cc1nc(F)ccc1-c1c(CNc2cc(C#CC(C)(C)O)c3ncc(C#N)c(NCC(C)(C)C)c3c2)nnn1C1(C(F)(F)F)CC1. The van der Waals surface area contributed by atoms with Crippen LogP contribution in [0.1, 0.15) is 70.0 Å². The molecule has 240 valence electrons. The molecule has 46 heavy (non-hydrogen) atoms. The largest absolute Gasteiger partial charge is 0.413 e. The van der Waals surface area contributed by atoms with E-state index in [0.29, 0.717) is 39.9 Å². The minimum Gasteiger partial charge on any atom is -0.383 e. The first kappa shape index (κ1) is 32.6. The van der Waals surface area contributed by atoms with Gasteiger partial charge in [-0.05, 0) is 63.3 Å². The number of aromatic nitrogens is 5. The summed E-state index contributed by atoms with van der Waals surface area (Å²) in [5.74, 6) is 5.03. The number of anilines is 2. The molecule has 5 rings (SSSR count). The van der Waals surface area contributed by atoms with Crippen molar-refractivity contribution in [2.45, 2.75) is 78.2 Å². The van der Waals surface area contributed by atoms with Gasteiger partial charge in [-0.15, -0.1) is 5.10 Å². The van der Waals surface area contributed by atoms with Gasteiger partial charge in [-0.3, -0.25) is 4.98 Å². The maximum Gasteiger partial charge on any atom is 0.413 e. The number of hydrogen-bond donors (Lipinski definition) is 3. The van der Waals surface area contributed by atoms with Gasteiger partial charge < -0.3 is 15.7 Å². The molecule has 1 aromatic carbocycles. The van der Waals surface area contributed by atoms with Gasteiger partial charge in [0.15, 0.2) is 5.54 Å². The van der Waals surface area contributed by atoms with E-state index in [-0.39, 0.29) is 47.4 Å². The van der Waals surface area contributed by atoms with Crippen LogP contribution >= 0.6 is 0 Å². The second kappa shape index (κ2) is 11.6. The number of fused-ring (bicyclic) bond motifs is 1. The summed E-state index contributed by atoms with van der Waals surface area (Å²) in [5, 5.41) is 35.5. The monoisotopic (exact) mass is 634 g/mol. The van der Waals surface area contributed by atoms with E-state index < -0.39 is 23.3 Å². The van der Waals surface area contributed by atoms with Crippen LogP contribution < -0.4 is 10.6 Å². The Kier molecular flexibility index (Phi) is 8.20. The average Bonchev–Trinajstić information content (AvgIpc) is 3.67. The molecular weight excluding hydrogens is 600 g/mol. The van der Waals surface area contributed by atoms with Crippen molar-refractivity contribution in [1.29, 1.82) is 5.26 Å². The highest BCUT2D eigenvalue weighted by atomic mass is 19.4. The Hall–Kier alpha value is -4.75. The summed E-state index contributed by atoms with van der Waals surface area (Å²) >= 11 is 0. The quantitative estimate of drug-likeness (QED) is 0.120. The molecule has 0 radical (unpaired) electrons. The number of nitrogens with one attached hydrogen (secondary N) is 2. The van der Waals surface area contributed by atoms with Crippen molar-refractivity contribution in [2.24, 2.45) is 5.41 Å². The number of rotatable bonds is 7. The molecule has 0 amide bonds. The number of aryl methyl sites for hydroxylation is 1. The Morgan fingerprint density at radius 3 is 2.37 bits per heavy atom. The molecule has 3 N–H and O–H groups in total. The van der Waals surface area contributed by atoms with Gasteiger partial charge in [0.2, 0.25) is 5.95 Å². The van der Waals surface area contributed by atoms with Crippen LogP contribution in [0.4, 0.5) is 28.9 Å². The van der Waals surface area contributed by atoms with Crippen LogP contribution in [0.25, 0.3) is 22.2 Å². The second-order valence-electron chi connectivity index (χ2n) is 13.2. The number of nitrogens with zero attached hydrogens (tertiary/aromatic N) is 6. The number of hydrogen-bond acceptors (Lipinski definition) is 8. The predicted molar refractivity (Wildman–Crippen MR) is 166 cm³/mol. The normalized spacial score (nSPS) is 14.4. The van der Waals surface area contributed by atoms with Crippen molar-refractivity contribution in [3.05, 3.63) is 58.9 Å². The molecule has 1 aliphatic carbocycles. The first-order chi connectivity index (χ1) is 21.4. The summed E-state index contributed by atoms with van der Waals surface area (Å²) in [6.45, 7) is 11.3. The lowest BCUT2D eigenvalue weighted by atomic mass is 9.96. The molecule has 13 heteroatoms. The first-order valence-electron chi connectivity index (χ1n) is 14.7. The first-order valence-corrected chi connectivity index (χ1v) is 14.7. The highest BCUT2D eigenvalue weighted by Gasteiger charge is 2.66. The lowest BCUT2D eigenvalue weighted by Gasteiger charge is -2.22. The zero-order chi connectivity index (χ0) is 33.7. The molecule has 0 spiro atoms. The number of halogens is 4. The third-order valence-corrected chi connectivity index (χ3v) is 7.55. The second-order valence-corrected chi connectivity index (χ2v) is 13.2. The van der Waals surface area contributed by atoms with Crippen LogP contribution in [0, 0.1) is 41.5 Å². The molecule has 9 nitrogen and oxygen atoms in total. The molecule has 3 aromatic heterocycles. The van der Waals surface area contributed by atoms with Crippen LogP contribution in [-0.2, 0) is 12.1 Å². The van der Waals surface area contributed by atoms with E-state index in [2.05, 4.69) is 69.6 Å². The van der Waals surface area contributed by atoms with Crippen molar-refractivity contribution in [2.75, 3.05) is 17.2 Å². The number of nitriles is 1. The Morgan fingerprint density at radius 2 is 1.78 bits per heavy atom. The molecule has 4 aromatic rings. The predicted octanol–water partition coefficient (Wildman–Crippen LogP) is 6.45. The Balaban J connectivity index is 1.63. The smallest absolute Gasteiger partial charge is 0.383 e. The zero-order valence-electron chi connectivity index (χ0n) is 26.4. The standard InChI is InChI=1S/C33H34F4N8O/c1-19-23(7-8-26(34)42-19)29-25(43-44-45(29)32(11-12-32)33(35,36)37)17-39-22-13-20(9-10-31(5,6)46)27-24(14-22)28(21(15-38)16-40-27)41-18-30(2,3)4/h7-8,13-14,16,39,46H,11-12,17-18H2,1-6H3,(H,40,41). The molecule has 0 saturated heterocycles. The van der Waals surface area contributed by atoms with E-state index >= 15 is 0 Å². The molecule has 3 heterocycles. The van der Waals surface area contributed by atoms with Gasteiger partial charge in [0.1, 0.15) is 17.4 Å². The van der Waals surface area contributed by atoms with Crippen LogP contribution in [0.5, 0.6) is 0 Å². The summed E-state index contributed by atoms with van der Waals surface area (Å²) in [5.41, 5.74) is -0.511. The van der Waals surface area contributed by atoms with Crippen LogP contribution in [0.15, 0.2) is 30.5 Å². The summed E-state index contributed by atoms with van der Waals surface area (Å²) < 4.78 is 57.5. The molecule has 1 saturated carbocycles. The van der Waals surface area contributed by atoms with E-state index in [1.807, 2.05) is 0 Å². The topological polar surface area (TPSA) is 125 Å². The van der Waals surface area contributed by atoms with Gasteiger partial charge >= 0.3 is 6.18 Å². The summed E-state index contributed by atoms with van der Waals surface area (Å²) in [6, 6.07) is 8.13. The van der Waals surface area contributed by atoms with Crippen molar-refractivity contribution in [1.82, 2.24) is 25.0 Å². The molecule has 1 fully saturated rings. The van der Waals surface area contributed by atoms with Crippen LogP contribution in [-0.4, -0.2) is 48.4 Å². The zero-order valence-corrected chi connectivity index (χ0v) is 26.4. The fourth-order valence-electron chi connectivity index (χ4n) is 5.05. The Labute approximate surface area is 264 Å². The average molecular weight is 635 g/mol. The van der Waals surface area contributed by atoms with E-state index in [9.17, 15) is 27.9 Å². The summed E-state index contributed by atoms with van der Waals surface area (Å²) in [6.07, 6.45) is -3.41. The van der Waals surface area contributed by atoms with E-state index in [1.165, 1.54) is 19.2 Å². The van der Waals surface area contributed by atoms with E-state index in [1.54, 1.807) is 26.0 Å². The highest BCUT2D eigenvalue weighted by molar-refractivity contribution is 5.99. The molecule has 1 aliphatic rings. The maximum atomic E-state index is 14.2. The Morgan fingerprint density at radius 1 is 1.07 bits per heavy atom. The minimum atomic E-state index is -4.57. The van der Waals surface area contributed by atoms with Gasteiger partial charge in [-0.25, -0.2) is 9.67 Å². The van der Waals surface area contributed by atoms with Gasteiger partial charge in [0.05, 0.1) is 34.6 Å². The number of aliphatic hydroxyl groups is 1. The lowest BCUT2D eigenvalue weighted by molar-refractivity contribution is -0.182. The maximum absolute atomic E-state index is 14.2. The van der Waals surface area contributed by atoms with Crippen molar-refractivity contribution in [3.8, 4) is 29.2 Å². The molecule has 0 bridgehead atoms. The Bertz CT molecular complexity index is 1910. The third-order valence-electron chi connectivity index (χ3n) is 7.55. The van der Waals surface area contributed by atoms with Gasteiger partial charge in [-0.2, -0.15) is 22.8 Å². The molecular formula is C33H34F4N8O. The third kappa shape index (κ3) is 6.60. The van der Waals surface area contributed by atoms with Gasteiger partial charge in [0.25, 0.3) is 0 Å². The summed E-state index contributed by atoms with van der Waals surface area (Å²) in [4.78, 5) is 8.33. The minimum absolute atomic E-state index is 0.0555. The van der Waals surface area contributed by atoms with Crippen molar-refractivity contribution < 1.29 is 22.7 Å². The summed E-state index contributed by atoms with van der Waals surface area (Å²) in [7, 11) is 0. The molecule has 0 aliphatic heterocycles. The fourth-order valence-corrected chi connectivity index (χ4v) is 5.05. The number of alkyl halides is 3. The molecule has 0 unspecified atom stereocenters. The van der Waals surface area contributed by atoms with Gasteiger partial charge in [-0.1, -0.05) is 37.8 Å². The molecule has 0 atom stereocenters. The fraction of sp³-hybridized carbons (Fsp3) is 0.424. The highest BCUT2D eigenvalue weighted by Crippen LogP contribution is 2.56. The lowest BCUT2D eigenvalue weighted by Crippen LogP contribution is -2.36. The van der Waals surface area contributed by atoms with E-state index in [4.69, 9.17) is 0 Å². The van der Waals surface area contributed by atoms with Gasteiger partial charge in [0, 0.05) is 35.1 Å². The van der Waals surface area contributed by atoms with E-state index in [0.717, 1.165) is 10.7 Å². The van der Waals surface area contributed by atoms with Crippen LogP contribution in [0.2, 0.25) is 0 Å². The number of pyridine rings is 2. The van der Waals surface area contributed by atoms with Crippen molar-refractivity contribution >= 4 is 22.3 Å². The van der Waals surface area contributed by atoms with Crippen molar-refractivity contribution in [3.63, 3.8) is 0 Å². The number of benzene rings is 1.